The first-order chi connectivity index (χ1) is 4.02. The third-order valence-electron chi connectivity index (χ3n) is 1.46. The van der Waals surface area contributed by atoms with Gasteiger partial charge in [-0.3, -0.25) is 5.26 Å². The van der Waals surface area contributed by atoms with Gasteiger partial charge in [0, 0.05) is 0 Å². The van der Waals surface area contributed by atoms with Gasteiger partial charge in [-0.25, -0.2) is 4.89 Å². The van der Waals surface area contributed by atoms with Crippen molar-refractivity contribution in [3.8, 4) is 0 Å². The fourth-order valence-electron chi connectivity index (χ4n) is 0.845. The molecule has 0 bridgehead atoms. The summed E-state index contributed by atoms with van der Waals surface area (Å²) in [6, 6.07) is 0. The first kappa shape index (κ1) is 8.92. The molecule has 2 nitrogen and oxygen atoms in total. The minimum absolute atomic E-state index is 0.0440. The smallest absolute Gasteiger partial charge is 0.0972 e. The van der Waals surface area contributed by atoms with Crippen molar-refractivity contribution in [3.63, 3.8) is 0 Å². The zero-order chi connectivity index (χ0) is 7.49. The second-order valence-electron chi connectivity index (χ2n) is 3.37. The molecule has 1 atom stereocenters. The van der Waals surface area contributed by atoms with Crippen molar-refractivity contribution in [2.24, 2.45) is 5.41 Å². The van der Waals surface area contributed by atoms with Crippen LogP contribution in [0.15, 0.2) is 0 Å². The van der Waals surface area contributed by atoms with E-state index in [9.17, 15) is 0 Å². The van der Waals surface area contributed by atoms with Gasteiger partial charge >= 0.3 is 0 Å². The fourth-order valence-corrected chi connectivity index (χ4v) is 0.845. The lowest BCUT2D eigenvalue weighted by Gasteiger charge is -2.25. The molecular formula is C7H16O2. The maximum Gasteiger partial charge on any atom is 0.0972 e. The van der Waals surface area contributed by atoms with Gasteiger partial charge in [0.05, 0.1) is 6.10 Å². The molecule has 0 amide bonds. The summed E-state index contributed by atoms with van der Waals surface area (Å²) in [5.74, 6) is 0. The zero-order valence-corrected chi connectivity index (χ0v) is 6.64. The van der Waals surface area contributed by atoms with E-state index in [0.29, 0.717) is 0 Å². The molecule has 0 aromatic heterocycles. The summed E-state index contributed by atoms with van der Waals surface area (Å²) in [5, 5.41) is 8.36. The third kappa shape index (κ3) is 2.82. The van der Waals surface area contributed by atoms with Crippen LogP contribution in [0.3, 0.4) is 0 Å². The summed E-state index contributed by atoms with van der Waals surface area (Å²) >= 11 is 0. The van der Waals surface area contributed by atoms with Crippen molar-refractivity contribution in [2.75, 3.05) is 0 Å². The minimum atomic E-state index is -0.0440. The van der Waals surface area contributed by atoms with Crippen LogP contribution in [0, 0.1) is 5.41 Å². The Kier molecular flexibility index (Phi) is 3.15. The van der Waals surface area contributed by atoms with Gasteiger partial charge < -0.3 is 0 Å². The van der Waals surface area contributed by atoms with E-state index >= 15 is 0 Å². The topological polar surface area (TPSA) is 29.5 Å². The van der Waals surface area contributed by atoms with E-state index < -0.39 is 0 Å². The first-order valence-electron chi connectivity index (χ1n) is 3.32. The predicted octanol–water partition coefficient (Wildman–Crippen LogP) is 2.30. The van der Waals surface area contributed by atoms with Crippen LogP contribution in [0.2, 0.25) is 0 Å². The van der Waals surface area contributed by atoms with Gasteiger partial charge in [-0.2, -0.15) is 0 Å². The number of hydrogen-bond donors (Lipinski definition) is 1. The van der Waals surface area contributed by atoms with Crippen LogP contribution in [0.25, 0.3) is 0 Å². The van der Waals surface area contributed by atoms with Gasteiger partial charge in [0.25, 0.3) is 0 Å². The Balaban J connectivity index is 3.79. The Bertz CT molecular complexity index is 69.5. The van der Waals surface area contributed by atoms with Crippen LogP contribution in [-0.4, -0.2) is 11.4 Å². The summed E-state index contributed by atoms with van der Waals surface area (Å²) in [4.78, 5) is 4.26. The average Bonchev–Trinajstić information content (AvgIpc) is 1.65. The van der Waals surface area contributed by atoms with Crippen LogP contribution in [0.4, 0.5) is 0 Å². The molecule has 0 saturated carbocycles. The monoisotopic (exact) mass is 132 g/mol. The highest BCUT2D eigenvalue weighted by atomic mass is 17.1. The molecule has 0 rings (SSSR count). The van der Waals surface area contributed by atoms with E-state index in [2.05, 4.69) is 4.89 Å². The van der Waals surface area contributed by atoms with Gasteiger partial charge in [-0.15, -0.1) is 0 Å². The van der Waals surface area contributed by atoms with Gasteiger partial charge in [0.2, 0.25) is 0 Å². The van der Waals surface area contributed by atoms with Crippen molar-refractivity contribution in [2.45, 2.75) is 40.2 Å². The summed E-state index contributed by atoms with van der Waals surface area (Å²) < 4.78 is 0. The van der Waals surface area contributed by atoms with Crippen molar-refractivity contribution in [1.82, 2.24) is 0 Å². The lowest BCUT2D eigenvalue weighted by molar-refractivity contribution is -0.299. The fraction of sp³-hybridized carbons (Fsp3) is 1.00. The molecule has 0 aliphatic carbocycles. The molecule has 0 aliphatic rings. The molecule has 0 aromatic rings. The standard InChI is InChI=1S/C7H16O2/c1-5-6(9-8)7(2,3)4/h6,8H,5H2,1-4H3. The van der Waals surface area contributed by atoms with Crippen LogP contribution >= 0.6 is 0 Å². The van der Waals surface area contributed by atoms with E-state index in [1.165, 1.54) is 0 Å². The van der Waals surface area contributed by atoms with Crippen LogP contribution < -0.4 is 0 Å². The molecule has 56 valence electrons. The zero-order valence-electron chi connectivity index (χ0n) is 6.64. The van der Waals surface area contributed by atoms with Crippen molar-refractivity contribution < 1.29 is 10.1 Å². The highest BCUT2D eigenvalue weighted by Crippen LogP contribution is 2.23. The van der Waals surface area contributed by atoms with Gasteiger partial charge in [0.15, 0.2) is 0 Å². The molecule has 1 unspecified atom stereocenters. The summed E-state index contributed by atoms with van der Waals surface area (Å²) in [5.41, 5.74) is 0.0451. The Hall–Kier alpha value is -0.0800. The molecule has 0 saturated heterocycles. The van der Waals surface area contributed by atoms with Crippen molar-refractivity contribution >= 4 is 0 Å². The van der Waals surface area contributed by atoms with Gasteiger partial charge in [-0.05, 0) is 11.8 Å². The number of rotatable bonds is 2. The van der Waals surface area contributed by atoms with Gasteiger partial charge in [-0.1, -0.05) is 27.7 Å². The third-order valence-corrected chi connectivity index (χ3v) is 1.46. The molecule has 0 aromatic carbocycles. The quantitative estimate of drug-likeness (QED) is 0.461. The van der Waals surface area contributed by atoms with E-state index in [1.807, 2.05) is 27.7 Å². The first-order valence-corrected chi connectivity index (χ1v) is 3.32. The Labute approximate surface area is 56.8 Å². The second-order valence-corrected chi connectivity index (χ2v) is 3.37. The molecule has 0 spiro atoms. The summed E-state index contributed by atoms with van der Waals surface area (Å²) in [7, 11) is 0. The molecular weight excluding hydrogens is 116 g/mol. The van der Waals surface area contributed by atoms with Crippen molar-refractivity contribution in [3.05, 3.63) is 0 Å². The Morgan fingerprint density at radius 1 is 1.44 bits per heavy atom. The summed E-state index contributed by atoms with van der Waals surface area (Å²) in [6.07, 6.45) is 0.803. The van der Waals surface area contributed by atoms with Crippen LogP contribution in [0.5, 0.6) is 0 Å². The Morgan fingerprint density at radius 2 is 1.89 bits per heavy atom. The minimum Gasteiger partial charge on any atom is -0.252 e. The molecule has 0 radical (unpaired) electrons. The normalized spacial score (nSPS) is 15.7. The highest BCUT2D eigenvalue weighted by Gasteiger charge is 2.23. The molecule has 9 heavy (non-hydrogen) atoms. The van der Waals surface area contributed by atoms with E-state index in [1.54, 1.807) is 0 Å². The van der Waals surface area contributed by atoms with Crippen LogP contribution in [0.1, 0.15) is 34.1 Å². The van der Waals surface area contributed by atoms with Crippen molar-refractivity contribution in [1.29, 1.82) is 0 Å². The molecule has 0 heterocycles. The largest absolute Gasteiger partial charge is 0.252 e. The maximum absolute atomic E-state index is 8.36. The molecule has 1 N–H and O–H groups in total. The predicted molar refractivity (Wildman–Crippen MR) is 37.2 cm³/mol. The molecule has 0 fully saturated rings. The van der Waals surface area contributed by atoms with Crippen LogP contribution in [-0.2, 0) is 4.89 Å². The highest BCUT2D eigenvalue weighted by molar-refractivity contribution is 4.71. The average molecular weight is 132 g/mol. The summed E-state index contributed by atoms with van der Waals surface area (Å²) in [6.45, 7) is 8.11. The van der Waals surface area contributed by atoms with E-state index in [-0.39, 0.29) is 11.5 Å². The Morgan fingerprint density at radius 3 is 1.89 bits per heavy atom. The SMILES string of the molecule is CCC(OO)C(C)(C)C. The lowest BCUT2D eigenvalue weighted by atomic mass is 9.88. The van der Waals surface area contributed by atoms with Gasteiger partial charge in [0.1, 0.15) is 0 Å². The number of hydrogen-bond acceptors (Lipinski definition) is 2. The maximum atomic E-state index is 8.36. The second kappa shape index (κ2) is 3.18. The van der Waals surface area contributed by atoms with E-state index in [4.69, 9.17) is 5.26 Å². The molecule has 0 aliphatic heterocycles. The lowest BCUT2D eigenvalue weighted by Crippen LogP contribution is -2.27. The van der Waals surface area contributed by atoms with E-state index in [0.717, 1.165) is 6.42 Å². The molecule has 2 heteroatoms.